The predicted molar refractivity (Wildman–Crippen MR) is 64.6 cm³/mol. The molecule has 2 atom stereocenters. The third kappa shape index (κ3) is 2.46. The van der Waals surface area contributed by atoms with Crippen LogP contribution in [-0.2, 0) is 9.47 Å². The van der Waals surface area contributed by atoms with Crippen LogP contribution in [0.4, 0.5) is 4.79 Å². The third-order valence-electron chi connectivity index (χ3n) is 3.43. The summed E-state index contributed by atoms with van der Waals surface area (Å²) < 4.78 is 10.8. The van der Waals surface area contributed by atoms with Crippen LogP contribution < -0.4 is 0 Å². The molecule has 0 bridgehead atoms. The minimum Gasteiger partial charge on any atom is -0.450 e. The molecule has 2 aliphatic rings. The van der Waals surface area contributed by atoms with Gasteiger partial charge in [-0.1, -0.05) is 13.0 Å². The van der Waals surface area contributed by atoms with E-state index in [-0.39, 0.29) is 12.3 Å². The minimum absolute atomic E-state index is 0.0967. The molecule has 2 saturated heterocycles. The number of likely N-dealkylation sites (tertiary alicyclic amines) is 1. The summed E-state index contributed by atoms with van der Waals surface area (Å²) in [7, 11) is 0. The van der Waals surface area contributed by atoms with Crippen molar-refractivity contribution < 1.29 is 14.3 Å². The summed E-state index contributed by atoms with van der Waals surface area (Å²) >= 11 is 0. The first-order chi connectivity index (χ1) is 8.27. The summed E-state index contributed by atoms with van der Waals surface area (Å²) in [4.78, 5) is 13.6. The SMILES string of the molecule is CC/C=C1\COC2C1CCCN2C(=O)OCC. The van der Waals surface area contributed by atoms with E-state index in [1.807, 2.05) is 6.92 Å². The van der Waals surface area contributed by atoms with Gasteiger partial charge < -0.3 is 9.47 Å². The molecule has 2 aliphatic heterocycles. The highest BCUT2D eigenvalue weighted by atomic mass is 16.6. The van der Waals surface area contributed by atoms with Gasteiger partial charge in [0, 0.05) is 12.5 Å². The summed E-state index contributed by atoms with van der Waals surface area (Å²) in [5.74, 6) is 0.383. The second kappa shape index (κ2) is 5.54. The number of carbonyl (C=O) groups excluding carboxylic acids is 1. The Hall–Kier alpha value is -1.03. The van der Waals surface area contributed by atoms with Gasteiger partial charge >= 0.3 is 6.09 Å². The average Bonchev–Trinajstić information content (AvgIpc) is 2.73. The van der Waals surface area contributed by atoms with E-state index in [9.17, 15) is 4.79 Å². The van der Waals surface area contributed by atoms with Gasteiger partial charge in [0.25, 0.3) is 0 Å². The highest BCUT2D eigenvalue weighted by Gasteiger charge is 2.41. The number of piperidine rings is 1. The van der Waals surface area contributed by atoms with Gasteiger partial charge in [-0.2, -0.15) is 0 Å². The zero-order chi connectivity index (χ0) is 12.3. The molecule has 2 unspecified atom stereocenters. The minimum atomic E-state index is -0.236. The molecule has 0 aromatic heterocycles. The standard InChI is InChI=1S/C13H21NO3/c1-3-6-10-9-17-12-11(10)7-5-8-14(12)13(15)16-4-2/h6,11-12H,3-5,7-9H2,1-2H3/b10-6+. The van der Waals surface area contributed by atoms with Crippen LogP contribution >= 0.6 is 0 Å². The number of amides is 1. The van der Waals surface area contributed by atoms with Crippen molar-refractivity contribution >= 4 is 6.09 Å². The maximum absolute atomic E-state index is 11.8. The van der Waals surface area contributed by atoms with E-state index in [4.69, 9.17) is 9.47 Å². The van der Waals surface area contributed by atoms with Crippen LogP contribution in [0.1, 0.15) is 33.1 Å². The van der Waals surface area contributed by atoms with Crippen LogP contribution in [0, 0.1) is 5.92 Å². The van der Waals surface area contributed by atoms with Gasteiger partial charge in [-0.3, -0.25) is 4.90 Å². The van der Waals surface area contributed by atoms with Crippen LogP contribution in [0.5, 0.6) is 0 Å². The number of hydrogen-bond donors (Lipinski definition) is 0. The maximum atomic E-state index is 11.8. The highest BCUT2D eigenvalue weighted by molar-refractivity contribution is 5.68. The van der Waals surface area contributed by atoms with Gasteiger partial charge in [-0.25, -0.2) is 4.79 Å². The van der Waals surface area contributed by atoms with E-state index in [0.29, 0.717) is 19.1 Å². The molecule has 2 fully saturated rings. The van der Waals surface area contributed by atoms with Gasteiger partial charge in [-0.05, 0) is 31.8 Å². The first-order valence-corrected chi connectivity index (χ1v) is 6.51. The normalized spacial score (nSPS) is 30.5. The second-order valence-corrected chi connectivity index (χ2v) is 4.53. The van der Waals surface area contributed by atoms with E-state index >= 15 is 0 Å². The predicted octanol–water partition coefficient (Wildman–Crippen LogP) is 2.55. The lowest BCUT2D eigenvalue weighted by Crippen LogP contribution is -2.47. The number of nitrogens with zero attached hydrogens (tertiary/aromatic N) is 1. The first-order valence-electron chi connectivity index (χ1n) is 6.51. The Bertz CT molecular complexity index is 314. The fourth-order valence-electron chi connectivity index (χ4n) is 2.71. The number of rotatable bonds is 2. The summed E-state index contributed by atoms with van der Waals surface area (Å²) in [6, 6.07) is 0. The van der Waals surface area contributed by atoms with Gasteiger partial charge in [0.15, 0.2) is 0 Å². The van der Waals surface area contributed by atoms with Crippen molar-refractivity contribution in [2.45, 2.75) is 39.3 Å². The molecule has 2 rings (SSSR count). The molecule has 4 nitrogen and oxygen atoms in total. The Morgan fingerprint density at radius 1 is 1.59 bits per heavy atom. The van der Waals surface area contributed by atoms with Crippen molar-refractivity contribution in [3.8, 4) is 0 Å². The van der Waals surface area contributed by atoms with E-state index in [2.05, 4.69) is 13.0 Å². The van der Waals surface area contributed by atoms with Gasteiger partial charge in [0.2, 0.25) is 0 Å². The maximum Gasteiger partial charge on any atom is 0.411 e. The summed E-state index contributed by atoms with van der Waals surface area (Å²) in [5.41, 5.74) is 1.35. The zero-order valence-corrected chi connectivity index (χ0v) is 10.6. The molecular formula is C13H21NO3. The van der Waals surface area contributed by atoms with E-state index < -0.39 is 0 Å². The lowest BCUT2D eigenvalue weighted by molar-refractivity contribution is -0.0523. The monoisotopic (exact) mass is 239 g/mol. The molecule has 0 N–H and O–H groups in total. The quantitative estimate of drug-likeness (QED) is 0.695. The van der Waals surface area contributed by atoms with Gasteiger partial charge in [0.1, 0.15) is 6.23 Å². The summed E-state index contributed by atoms with van der Waals surface area (Å²) in [5, 5.41) is 0. The Kier molecular flexibility index (Phi) is 4.05. The number of carbonyl (C=O) groups is 1. The molecule has 0 spiro atoms. The fourth-order valence-corrected chi connectivity index (χ4v) is 2.71. The molecule has 0 radical (unpaired) electrons. The van der Waals surface area contributed by atoms with E-state index in [0.717, 1.165) is 25.8 Å². The Balaban J connectivity index is 2.07. The van der Waals surface area contributed by atoms with Crippen molar-refractivity contribution in [1.29, 1.82) is 0 Å². The molecule has 17 heavy (non-hydrogen) atoms. The Morgan fingerprint density at radius 2 is 2.41 bits per heavy atom. The topological polar surface area (TPSA) is 38.8 Å². The molecule has 0 saturated carbocycles. The Labute approximate surface area is 103 Å². The number of allylic oxidation sites excluding steroid dienone is 1. The molecule has 4 heteroatoms. The molecule has 0 aliphatic carbocycles. The van der Waals surface area contributed by atoms with Gasteiger partial charge in [0.05, 0.1) is 13.2 Å². The van der Waals surface area contributed by atoms with Crippen molar-refractivity contribution in [2.75, 3.05) is 19.8 Å². The van der Waals surface area contributed by atoms with E-state index in [1.54, 1.807) is 4.90 Å². The second-order valence-electron chi connectivity index (χ2n) is 4.53. The van der Waals surface area contributed by atoms with Crippen LogP contribution in [0.15, 0.2) is 11.6 Å². The lowest BCUT2D eigenvalue weighted by atomic mass is 9.90. The highest BCUT2D eigenvalue weighted by Crippen LogP contribution is 2.36. The number of hydrogen-bond acceptors (Lipinski definition) is 3. The fraction of sp³-hybridized carbons (Fsp3) is 0.769. The summed E-state index contributed by atoms with van der Waals surface area (Å²) in [6.45, 7) is 5.80. The van der Waals surface area contributed by atoms with Gasteiger partial charge in [-0.15, -0.1) is 0 Å². The molecule has 96 valence electrons. The number of fused-ring (bicyclic) bond motifs is 1. The van der Waals surface area contributed by atoms with Crippen LogP contribution in [0.2, 0.25) is 0 Å². The van der Waals surface area contributed by atoms with Crippen molar-refractivity contribution in [2.24, 2.45) is 5.92 Å². The molecule has 1 amide bonds. The average molecular weight is 239 g/mol. The van der Waals surface area contributed by atoms with Crippen molar-refractivity contribution in [3.05, 3.63) is 11.6 Å². The summed E-state index contributed by atoms with van der Waals surface area (Å²) in [6.07, 6.45) is 5.08. The Morgan fingerprint density at radius 3 is 3.12 bits per heavy atom. The third-order valence-corrected chi connectivity index (χ3v) is 3.43. The van der Waals surface area contributed by atoms with Crippen LogP contribution in [0.25, 0.3) is 0 Å². The molecular weight excluding hydrogens is 218 g/mol. The van der Waals surface area contributed by atoms with Crippen LogP contribution in [-0.4, -0.2) is 37.0 Å². The number of ether oxygens (including phenoxy) is 2. The van der Waals surface area contributed by atoms with Crippen molar-refractivity contribution in [3.63, 3.8) is 0 Å². The van der Waals surface area contributed by atoms with E-state index in [1.165, 1.54) is 5.57 Å². The van der Waals surface area contributed by atoms with Crippen molar-refractivity contribution in [1.82, 2.24) is 4.90 Å². The zero-order valence-electron chi connectivity index (χ0n) is 10.6. The largest absolute Gasteiger partial charge is 0.450 e. The lowest BCUT2D eigenvalue weighted by Gasteiger charge is -2.35. The molecule has 0 aromatic rings. The molecule has 0 aromatic carbocycles. The first kappa shape index (κ1) is 12.4. The van der Waals surface area contributed by atoms with Crippen LogP contribution in [0.3, 0.4) is 0 Å². The molecule has 2 heterocycles. The smallest absolute Gasteiger partial charge is 0.411 e.